The van der Waals surface area contributed by atoms with Gasteiger partial charge < -0.3 is 9.64 Å². The smallest absolute Gasteiger partial charge is 0.306 e. The Morgan fingerprint density at radius 1 is 1.10 bits per heavy atom. The van der Waals surface area contributed by atoms with Crippen LogP contribution in [0.25, 0.3) is 0 Å². The summed E-state index contributed by atoms with van der Waals surface area (Å²) in [5.41, 5.74) is 0. The summed E-state index contributed by atoms with van der Waals surface area (Å²) >= 11 is 0. The standard InChI is InChI=1S/C16H29NO2.ClH/c1-2-3-7-16(18)19-15-10-8-14(9-11-15)17-12-5-4-6-13-17;/h14-15H,2-13H2,1H3;1H. The molecule has 4 heteroatoms. The highest BCUT2D eigenvalue weighted by atomic mass is 35.5. The Morgan fingerprint density at radius 3 is 2.35 bits per heavy atom. The van der Waals surface area contributed by atoms with E-state index in [0.717, 1.165) is 31.7 Å². The van der Waals surface area contributed by atoms with E-state index in [1.165, 1.54) is 45.2 Å². The monoisotopic (exact) mass is 303 g/mol. The van der Waals surface area contributed by atoms with E-state index in [0.29, 0.717) is 6.42 Å². The van der Waals surface area contributed by atoms with Crippen LogP contribution in [0.2, 0.25) is 0 Å². The van der Waals surface area contributed by atoms with Crippen LogP contribution in [0.1, 0.15) is 71.1 Å². The van der Waals surface area contributed by atoms with Gasteiger partial charge in [-0.2, -0.15) is 0 Å². The Bertz CT molecular complexity index is 272. The Labute approximate surface area is 129 Å². The molecule has 0 atom stereocenters. The SMILES string of the molecule is CCCCC(=O)OC1CCC(N2CCCCC2)CC1.Cl. The topological polar surface area (TPSA) is 29.5 Å². The highest BCUT2D eigenvalue weighted by molar-refractivity contribution is 5.85. The first-order valence-corrected chi connectivity index (χ1v) is 8.23. The van der Waals surface area contributed by atoms with Crippen LogP contribution in [0, 0.1) is 0 Å². The Morgan fingerprint density at radius 2 is 1.75 bits per heavy atom. The van der Waals surface area contributed by atoms with Crippen LogP contribution in [-0.2, 0) is 9.53 Å². The first kappa shape index (κ1) is 17.8. The summed E-state index contributed by atoms with van der Waals surface area (Å²) < 4.78 is 5.57. The molecule has 0 amide bonds. The summed E-state index contributed by atoms with van der Waals surface area (Å²) in [4.78, 5) is 14.3. The molecule has 0 aromatic heterocycles. The molecule has 0 unspecified atom stereocenters. The molecular formula is C16H30ClNO2. The summed E-state index contributed by atoms with van der Waals surface area (Å²) in [6.07, 6.45) is 11.5. The van der Waals surface area contributed by atoms with Crippen molar-refractivity contribution in [3.05, 3.63) is 0 Å². The van der Waals surface area contributed by atoms with Gasteiger partial charge in [0.05, 0.1) is 0 Å². The second kappa shape index (κ2) is 9.62. The molecular weight excluding hydrogens is 274 g/mol. The van der Waals surface area contributed by atoms with Crippen LogP contribution in [-0.4, -0.2) is 36.1 Å². The third kappa shape index (κ3) is 5.61. The maximum Gasteiger partial charge on any atom is 0.306 e. The fourth-order valence-electron chi connectivity index (χ4n) is 3.38. The lowest BCUT2D eigenvalue weighted by atomic mass is 9.90. The molecule has 1 saturated carbocycles. The van der Waals surface area contributed by atoms with E-state index in [-0.39, 0.29) is 24.5 Å². The van der Waals surface area contributed by atoms with Gasteiger partial charge in [-0.05, 0) is 58.0 Å². The predicted octanol–water partition coefficient (Wildman–Crippen LogP) is 3.94. The molecule has 1 heterocycles. The highest BCUT2D eigenvalue weighted by Gasteiger charge is 2.28. The van der Waals surface area contributed by atoms with Crippen molar-refractivity contribution in [2.24, 2.45) is 0 Å². The van der Waals surface area contributed by atoms with Gasteiger partial charge in [0.2, 0.25) is 0 Å². The third-order valence-corrected chi connectivity index (χ3v) is 4.58. The quantitative estimate of drug-likeness (QED) is 0.721. The van der Waals surface area contributed by atoms with Gasteiger partial charge in [0.25, 0.3) is 0 Å². The second-order valence-corrected chi connectivity index (χ2v) is 6.12. The lowest BCUT2D eigenvalue weighted by molar-refractivity contribution is -0.151. The predicted molar refractivity (Wildman–Crippen MR) is 84.3 cm³/mol. The molecule has 1 saturated heterocycles. The molecule has 0 aromatic rings. The molecule has 118 valence electrons. The molecule has 0 N–H and O–H groups in total. The molecule has 20 heavy (non-hydrogen) atoms. The molecule has 3 nitrogen and oxygen atoms in total. The number of hydrogen-bond acceptors (Lipinski definition) is 3. The minimum atomic E-state index is 0. The largest absolute Gasteiger partial charge is 0.462 e. The van der Waals surface area contributed by atoms with E-state index in [2.05, 4.69) is 11.8 Å². The van der Waals surface area contributed by atoms with Crippen LogP contribution in [0.3, 0.4) is 0 Å². The number of ether oxygens (including phenoxy) is 1. The minimum Gasteiger partial charge on any atom is -0.462 e. The molecule has 0 bridgehead atoms. The van der Waals surface area contributed by atoms with Crippen molar-refractivity contribution in [1.29, 1.82) is 0 Å². The van der Waals surface area contributed by atoms with Crippen molar-refractivity contribution in [2.75, 3.05) is 13.1 Å². The van der Waals surface area contributed by atoms with Crippen LogP contribution in [0.4, 0.5) is 0 Å². The van der Waals surface area contributed by atoms with Gasteiger partial charge in [0, 0.05) is 12.5 Å². The van der Waals surface area contributed by atoms with Crippen LogP contribution < -0.4 is 0 Å². The fraction of sp³-hybridized carbons (Fsp3) is 0.938. The summed E-state index contributed by atoms with van der Waals surface area (Å²) in [5, 5.41) is 0. The van der Waals surface area contributed by atoms with Gasteiger partial charge in [-0.3, -0.25) is 4.79 Å². The number of unbranched alkanes of at least 4 members (excludes halogenated alkanes) is 1. The lowest BCUT2D eigenvalue weighted by Gasteiger charge is -2.38. The number of carbonyl (C=O) groups is 1. The number of nitrogens with zero attached hydrogens (tertiary/aromatic N) is 1. The van der Waals surface area contributed by atoms with Gasteiger partial charge in [-0.15, -0.1) is 12.4 Å². The zero-order valence-corrected chi connectivity index (χ0v) is 13.6. The first-order chi connectivity index (χ1) is 9.29. The number of halogens is 1. The van der Waals surface area contributed by atoms with Gasteiger partial charge in [0.1, 0.15) is 6.10 Å². The molecule has 0 radical (unpaired) electrons. The first-order valence-electron chi connectivity index (χ1n) is 8.23. The van der Waals surface area contributed by atoms with E-state index in [1.807, 2.05) is 0 Å². The van der Waals surface area contributed by atoms with Crippen molar-refractivity contribution in [1.82, 2.24) is 4.90 Å². The Hall–Kier alpha value is -0.280. The maximum atomic E-state index is 11.6. The zero-order valence-electron chi connectivity index (χ0n) is 12.8. The molecule has 1 aliphatic heterocycles. The maximum absolute atomic E-state index is 11.6. The van der Waals surface area contributed by atoms with Crippen molar-refractivity contribution < 1.29 is 9.53 Å². The molecule has 1 aliphatic carbocycles. The van der Waals surface area contributed by atoms with E-state index < -0.39 is 0 Å². The Kier molecular flexibility index (Phi) is 8.55. The second-order valence-electron chi connectivity index (χ2n) is 6.12. The average Bonchev–Trinajstić information content (AvgIpc) is 2.47. The highest BCUT2D eigenvalue weighted by Crippen LogP contribution is 2.27. The van der Waals surface area contributed by atoms with Crippen molar-refractivity contribution in [3.63, 3.8) is 0 Å². The van der Waals surface area contributed by atoms with Crippen LogP contribution >= 0.6 is 12.4 Å². The number of rotatable bonds is 5. The minimum absolute atomic E-state index is 0. The van der Waals surface area contributed by atoms with E-state index in [4.69, 9.17) is 4.74 Å². The molecule has 2 fully saturated rings. The fourth-order valence-corrected chi connectivity index (χ4v) is 3.38. The normalized spacial score (nSPS) is 27.6. The van der Waals surface area contributed by atoms with Crippen molar-refractivity contribution in [3.8, 4) is 0 Å². The summed E-state index contributed by atoms with van der Waals surface area (Å²) in [6.45, 7) is 4.67. The summed E-state index contributed by atoms with van der Waals surface area (Å²) in [6, 6.07) is 0.755. The molecule has 0 aromatic carbocycles. The van der Waals surface area contributed by atoms with Crippen molar-refractivity contribution >= 4 is 18.4 Å². The Balaban J connectivity index is 0.00000200. The number of piperidine rings is 1. The van der Waals surface area contributed by atoms with E-state index in [1.54, 1.807) is 0 Å². The average molecular weight is 304 g/mol. The number of carbonyl (C=O) groups excluding carboxylic acids is 1. The van der Waals surface area contributed by atoms with Gasteiger partial charge in [-0.25, -0.2) is 0 Å². The van der Waals surface area contributed by atoms with Crippen LogP contribution in [0.5, 0.6) is 0 Å². The van der Waals surface area contributed by atoms with Crippen molar-refractivity contribution in [2.45, 2.75) is 83.3 Å². The number of hydrogen-bond donors (Lipinski definition) is 0. The summed E-state index contributed by atoms with van der Waals surface area (Å²) in [7, 11) is 0. The third-order valence-electron chi connectivity index (χ3n) is 4.58. The summed E-state index contributed by atoms with van der Waals surface area (Å²) in [5.74, 6) is 0.0169. The van der Waals surface area contributed by atoms with Gasteiger partial charge in [0.15, 0.2) is 0 Å². The van der Waals surface area contributed by atoms with E-state index >= 15 is 0 Å². The number of likely N-dealkylation sites (tertiary alicyclic amines) is 1. The lowest BCUT2D eigenvalue weighted by Crippen LogP contribution is -2.42. The zero-order chi connectivity index (χ0) is 13.5. The molecule has 0 spiro atoms. The molecule has 2 aliphatic rings. The van der Waals surface area contributed by atoms with Gasteiger partial charge in [-0.1, -0.05) is 19.8 Å². The van der Waals surface area contributed by atoms with Gasteiger partial charge >= 0.3 is 5.97 Å². The van der Waals surface area contributed by atoms with E-state index in [9.17, 15) is 4.79 Å². The van der Waals surface area contributed by atoms with Crippen LogP contribution in [0.15, 0.2) is 0 Å². The molecule has 2 rings (SSSR count). The number of esters is 1.